The van der Waals surface area contributed by atoms with Crippen LogP contribution in [0.2, 0.25) is 0 Å². The molecule has 1 saturated heterocycles. The van der Waals surface area contributed by atoms with Gasteiger partial charge in [-0.3, -0.25) is 14.5 Å². The molecular weight excluding hydrogens is 322 g/mol. The number of aromatic nitrogens is 1. The lowest BCUT2D eigenvalue weighted by Gasteiger charge is -2.17. The summed E-state index contributed by atoms with van der Waals surface area (Å²) in [5, 5.41) is 9.62. The predicted molar refractivity (Wildman–Crippen MR) is 95.0 cm³/mol. The fraction of sp³-hybridized carbons (Fsp3) is 0.167. The zero-order valence-corrected chi connectivity index (χ0v) is 13.9. The molecule has 3 rings (SSSR count). The van der Waals surface area contributed by atoms with Crippen LogP contribution >= 0.6 is 11.8 Å². The molecule has 120 valence electrons. The second kappa shape index (κ2) is 6.38. The average molecular weight is 337 g/mol. The third-order valence-corrected chi connectivity index (χ3v) is 4.80. The zero-order chi connectivity index (χ0) is 17.3. The maximum Gasteiger partial charge on any atom is 0.294 e. The average Bonchev–Trinajstić information content (AvgIpc) is 3.06. The number of rotatable bonds is 4. The number of imide groups is 1. The summed E-state index contributed by atoms with van der Waals surface area (Å²) in [5.41, 5.74) is 1.74. The van der Waals surface area contributed by atoms with Crippen molar-refractivity contribution >= 4 is 39.9 Å². The first-order chi connectivity index (χ1) is 11.6. The molecule has 1 fully saturated rings. The molecule has 6 heteroatoms. The van der Waals surface area contributed by atoms with E-state index in [-0.39, 0.29) is 23.7 Å². The highest BCUT2D eigenvalue weighted by Crippen LogP contribution is 2.35. The Bertz CT molecular complexity index is 920. The first kappa shape index (κ1) is 16.1. The molecule has 5 nitrogen and oxygen atoms in total. The summed E-state index contributed by atoms with van der Waals surface area (Å²) in [6.07, 6.45) is 5.12. The predicted octanol–water partition coefficient (Wildman–Crippen LogP) is 3.78. The van der Waals surface area contributed by atoms with E-state index >= 15 is 0 Å². The Morgan fingerprint density at radius 3 is 2.83 bits per heavy atom. The number of nitrogens with zero attached hydrogens (tertiary/aromatic N) is 3. The highest BCUT2D eigenvalue weighted by atomic mass is 32.2. The van der Waals surface area contributed by atoms with Crippen LogP contribution in [0.3, 0.4) is 0 Å². The summed E-state index contributed by atoms with van der Waals surface area (Å²) < 4.78 is 1.83. The minimum Gasteiger partial charge on any atom is -0.333 e. The zero-order valence-electron chi connectivity index (χ0n) is 13.1. The Hall–Kier alpha value is -2.78. The minimum atomic E-state index is -0.344. The van der Waals surface area contributed by atoms with Gasteiger partial charge < -0.3 is 4.57 Å². The van der Waals surface area contributed by atoms with E-state index in [4.69, 9.17) is 5.26 Å². The molecule has 24 heavy (non-hydrogen) atoms. The number of amides is 2. The molecule has 0 saturated carbocycles. The molecule has 0 N–H and O–H groups in total. The van der Waals surface area contributed by atoms with Gasteiger partial charge in [0.05, 0.1) is 17.0 Å². The number of benzene rings is 1. The summed E-state index contributed by atoms with van der Waals surface area (Å²) in [4.78, 5) is 26.2. The fourth-order valence-corrected chi connectivity index (χ4v) is 3.58. The third kappa shape index (κ3) is 2.63. The molecule has 1 aromatic carbocycles. The second-order valence-corrected chi connectivity index (χ2v) is 6.41. The first-order valence-electron chi connectivity index (χ1n) is 7.41. The Balaban J connectivity index is 2.05. The van der Waals surface area contributed by atoms with Gasteiger partial charge in [0.25, 0.3) is 11.1 Å². The van der Waals surface area contributed by atoms with Gasteiger partial charge in [0.15, 0.2) is 0 Å². The van der Waals surface area contributed by atoms with Crippen molar-refractivity contribution in [1.29, 1.82) is 5.26 Å². The summed E-state index contributed by atoms with van der Waals surface area (Å²) >= 11 is 0.928. The molecule has 2 heterocycles. The van der Waals surface area contributed by atoms with Crippen LogP contribution in [-0.4, -0.2) is 26.7 Å². The smallest absolute Gasteiger partial charge is 0.294 e. The van der Waals surface area contributed by atoms with Crippen LogP contribution in [0.4, 0.5) is 4.79 Å². The van der Waals surface area contributed by atoms with E-state index in [1.807, 2.05) is 35.0 Å². The van der Waals surface area contributed by atoms with Gasteiger partial charge in [0, 0.05) is 22.7 Å². The lowest BCUT2D eigenvalue weighted by atomic mass is 10.1. The number of carbonyl (C=O) groups excluding carboxylic acids is 2. The maximum atomic E-state index is 12.5. The quantitative estimate of drug-likeness (QED) is 0.629. The molecule has 1 aromatic heterocycles. The highest BCUT2D eigenvalue weighted by molar-refractivity contribution is 8.18. The van der Waals surface area contributed by atoms with E-state index in [0.29, 0.717) is 4.91 Å². The largest absolute Gasteiger partial charge is 0.333 e. The van der Waals surface area contributed by atoms with Crippen LogP contribution in [0.1, 0.15) is 12.5 Å². The van der Waals surface area contributed by atoms with Crippen LogP contribution in [0, 0.1) is 11.3 Å². The molecular formula is C18H15N3O2S. The molecule has 2 aromatic rings. The summed E-state index contributed by atoms with van der Waals surface area (Å²) in [7, 11) is 0. The van der Waals surface area contributed by atoms with Crippen molar-refractivity contribution in [1.82, 2.24) is 9.47 Å². The summed E-state index contributed by atoms with van der Waals surface area (Å²) in [5.74, 6) is -0.311. The number of fused-ring (bicyclic) bond motifs is 1. The van der Waals surface area contributed by atoms with Crippen LogP contribution in [0.25, 0.3) is 17.0 Å². The van der Waals surface area contributed by atoms with Crippen LogP contribution in [-0.2, 0) is 11.3 Å². The van der Waals surface area contributed by atoms with Gasteiger partial charge in [0.1, 0.15) is 6.54 Å². The summed E-state index contributed by atoms with van der Waals surface area (Å²) in [6, 6.07) is 9.45. The van der Waals surface area contributed by atoms with Crippen molar-refractivity contribution in [3.63, 3.8) is 0 Å². The first-order valence-corrected chi connectivity index (χ1v) is 8.23. The third-order valence-electron chi connectivity index (χ3n) is 3.92. The van der Waals surface area contributed by atoms with E-state index in [1.165, 1.54) is 4.90 Å². The maximum absolute atomic E-state index is 12.5. The fourth-order valence-electron chi connectivity index (χ4n) is 2.67. The van der Waals surface area contributed by atoms with Crippen molar-refractivity contribution in [2.45, 2.75) is 19.5 Å². The van der Waals surface area contributed by atoms with Crippen LogP contribution < -0.4 is 0 Å². The Morgan fingerprint density at radius 2 is 2.12 bits per heavy atom. The standard InChI is InChI=1S/C18H15N3O2S/c1-3-12(2)21-17(22)16(24-18(21)23)10-13-11-20(9-8-19)15-7-5-4-6-14(13)15/h3-7,10-12H,1,9H2,2H3. The second-order valence-electron chi connectivity index (χ2n) is 5.42. The lowest BCUT2D eigenvalue weighted by Crippen LogP contribution is -2.35. The SMILES string of the molecule is C=CC(C)N1C(=O)SC(=Cc2cn(CC#N)c3ccccc23)C1=O. The molecule has 1 unspecified atom stereocenters. The summed E-state index contributed by atoms with van der Waals surface area (Å²) in [6.45, 7) is 5.62. The van der Waals surface area contributed by atoms with Crippen molar-refractivity contribution in [2.24, 2.45) is 0 Å². The Labute approximate surface area is 143 Å². The minimum absolute atomic E-state index is 0.226. The van der Waals surface area contributed by atoms with Gasteiger partial charge in [-0.25, -0.2) is 0 Å². The number of hydrogen-bond acceptors (Lipinski definition) is 4. The van der Waals surface area contributed by atoms with Crippen LogP contribution in [0.5, 0.6) is 0 Å². The monoisotopic (exact) mass is 337 g/mol. The lowest BCUT2D eigenvalue weighted by molar-refractivity contribution is -0.123. The molecule has 1 aliphatic heterocycles. The van der Waals surface area contributed by atoms with Gasteiger partial charge in [-0.05, 0) is 30.8 Å². The van der Waals surface area contributed by atoms with Gasteiger partial charge in [-0.1, -0.05) is 24.3 Å². The van der Waals surface area contributed by atoms with E-state index in [2.05, 4.69) is 12.6 Å². The number of carbonyl (C=O) groups is 2. The van der Waals surface area contributed by atoms with Crippen molar-refractivity contribution in [3.8, 4) is 6.07 Å². The highest BCUT2D eigenvalue weighted by Gasteiger charge is 2.37. The van der Waals surface area contributed by atoms with Crippen molar-refractivity contribution in [3.05, 3.63) is 53.6 Å². The van der Waals surface area contributed by atoms with Gasteiger partial charge >= 0.3 is 0 Å². The normalized spacial score (nSPS) is 17.5. The van der Waals surface area contributed by atoms with E-state index < -0.39 is 0 Å². The molecule has 0 aliphatic carbocycles. The molecule has 2 amide bonds. The number of hydrogen-bond donors (Lipinski definition) is 0. The van der Waals surface area contributed by atoms with Crippen molar-refractivity contribution < 1.29 is 9.59 Å². The number of thioether (sulfide) groups is 1. The number of para-hydroxylation sites is 1. The van der Waals surface area contributed by atoms with Crippen LogP contribution in [0.15, 0.2) is 48.0 Å². The van der Waals surface area contributed by atoms with Crippen molar-refractivity contribution in [2.75, 3.05) is 0 Å². The molecule has 0 spiro atoms. The van der Waals surface area contributed by atoms with E-state index in [0.717, 1.165) is 28.2 Å². The van der Waals surface area contributed by atoms with E-state index in [1.54, 1.807) is 19.1 Å². The number of nitriles is 1. The molecule has 1 aliphatic rings. The Kier molecular flexibility index (Phi) is 4.28. The molecule has 0 bridgehead atoms. The molecule has 0 radical (unpaired) electrons. The van der Waals surface area contributed by atoms with Gasteiger partial charge in [0.2, 0.25) is 0 Å². The van der Waals surface area contributed by atoms with Gasteiger partial charge in [-0.2, -0.15) is 5.26 Å². The molecule has 1 atom stereocenters. The topological polar surface area (TPSA) is 66.1 Å². The Morgan fingerprint density at radius 1 is 1.38 bits per heavy atom. The van der Waals surface area contributed by atoms with E-state index in [9.17, 15) is 9.59 Å². The van der Waals surface area contributed by atoms with Gasteiger partial charge in [-0.15, -0.1) is 6.58 Å².